The van der Waals surface area contributed by atoms with E-state index >= 15 is 0 Å². The van der Waals surface area contributed by atoms with Crippen LogP contribution in [0.2, 0.25) is 0 Å². The summed E-state index contributed by atoms with van der Waals surface area (Å²) in [5, 5.41) is 2.78. The van der Waals surface area contributed by atoms with Crippen molar-refractivity contribution in [3.8, 4) is 0 Å². The Kier molecular flexibility index (Phi) is 8.36. The van der Waals surface area contributed by atoms with Gasteiger partial charge in [0.05, 0.1) is 12.8 Å². The molecule has 0 saturated heterocycles. The number of methoxy groups -OCH3 is 1. The fourth-order valence-corrected chi connectivity index (χ4v) is 3.17. The predicted molar refractivity (Wildman–Crippen MR) is 103 cm³/mol. The number of carbonyl (C=O) groups is 1. The summed E-state index contributed by atoms with van der Waals surface area (Å²) >= 11 is 0. The van der Waals surface area contributed by atoms with Crippen LogP contribution < -0.4 is 5.32 Å². The van der Waals surface area contributed by atoms with E-state index in [1.165, 1.54) is 69.6 Å². The first-order chi connectivity index (χ1) is 12.2. The molecular weight excluding hydrogens is 312 g/mol. The molecule has 25 heavy (non-hydrogen) atoms. The van der Waals surface area contributed by atoms with Gasteiger partial charge in [-0.25, -0.2) is 0 Å². The first kappa shape index (κ1) is 19.4. The Labute approximate surface area is 151 Å². The second kappa shape index (κ2) is 10.8. The number of ether oxygens (including phenoxy) is 1. The highest BCUT2D eigenvalue weighted by atomic mass is 16.5. The quantitative estimate of drug-likeness (QED) is 0.519. The van der Waals surface area contributed by atoms with Gasteiger partial charge in [-0.05, 0) is 31.1 Å². The smallest absolute Gasteiger partial charge is 0.252 e. The van der Waals surface area contributed by atoms with Crippen molar-refractivity contribution in [3.05, 3.63) is 41.1 Å². The zero-order chi connectivity index (χ0) is 17.9. The average Bonchev–Trinajstić information content (AvgIpc) is 3.19. The molecule has 0 bridgehead atoms. The van der Waals surface area contributed by atoms with Gasteiger partial charge in [0.15, 0.2) is 0 Å². The van der Waals surface area contributed by atoms with Crippen LogP contribution in [0.15, 0.2) is 29.7 Å². The Bertz CT molecular complexity index is 599. The lowest BCUT2D eigenvalue weighted by Gasteiger charge is -2.03. The third-order valence-electron chi connectivity index (χ3n) is 4.62. The number of aryl methyl sites for hydroxylation is 1. The molecule has 138 valence electrons. The molecule has 0 atom stereocenters. The van der Waals surface area contributed by atoms with E-state index in [2.05, 4.69) is 23.3 Å². The molecule has 0 aliphatic carbocycles. The fraction of sp³-hybridized carbons (Fsp3) is 0.571. The summed E-state index contributed by atoms with van der Waals surface area (Å²) in [6.07, 6.45) is 16.6. The van der Waals surface area contributed by atoms with Gasteiger partial charge >= 0.3 is 0 Å². The van der Waals surface area contributed by atoms with Crippen molar-refractivity contribution in [1.82, 2.24) is 10.3 Å². The second-order valence-electron chi connectivity index (χ2n) is 6.78. The van der Waals surface area contributed by atoms with E-state index in [0.29, 0.717) is 11.5 Å². The molecule has 4 nitrogen and oxygen atoms in total. The first-order valence-corrected chi connectivity index (χ1v) is 9.69. The minimum atomic E-state index is -0.135. The lowest BCUT2D eigenvalue weighted by molar-refractivity contribution is -0.115. The van der Waals surface area contributed by atoms with E-state index in [9.17, 15) is 4.79 Å². The zero-order valence-electron chi connectivity index (χ0n) is 15.7. The van der Waals surface area contributed by atoms with Crippen molar-refractivity contribution in [2.24, 2.45) is 0 Å². The van der Waals surface area contributed by atoms with Gasteiger partial charge in [0.1, 0.15) is 5.76 Å². The number of rotatable bonds is 12. The Morgan fingerprint density at radius 1 is 1.00 bits per heavy atom. The van der Waals surface area contributed by atoms with E-state index in [1.54, 1.807) is 7.11 Å². The summed E-state index contributed by atoms with van der Waals surface area (Å²) in [4.78, 5) is 14.8. The molecule has 0 saturated carbocycles. The molecule has 0 aromatic carbocycles. The van der Waals surface area contributed by atoms with Gasteiger partial charge in [0.25, 0.3) is 5.91 Å². The fourth-order valence-electron chi connectivity index (χ4n) is 3.17. The molecule has 0 radical (unpaired) electrons. The lowest BCUT2D eigenvalue weighted by Crippen LogP contribution is -2.13. The molecule has 2 rings (SSSR count). The molecule has 1 aromatic rings. The molecule has 0 unspecified atom stereocenters. The number of carbonyl (C=O) groups excluding carboxylic acids is 1. The van der Waals surface area contributed by atoms with Crippen molar-refractivity contribution in [2.45, 2.75) is 71.1 Å². The van der Waals surface area contributed by atoms with Crippen LogP contribution in [-0.2, 0) is 16.0 Å². The van der Waals surface area contributed by atoms with Crippen molar-refractivity contribution in [3.63, 3.8) is 0 Å². The van der Waals surface area contributed by atoms with E-state index in [1.807, 2.05) is 12.1 Å². The number of amides is 1. The number of hydrogen-bond donors (Lipinski definition) is 2. The van der Waals surface area contributed by atoms with Gasteiger partial charge in [-0.1, -0.05) is 58.3 Å². The van der Waals surface area contributed by atoms with Crippen LogP contribution in [0.4, 0.5) is 0 Å². The van der Waals surface area contributed by atoms with Crippen molar-refractivity contribution < 1.29 is 9.53 Å². The maximum atomic E-state index is 11.4. The standard InChI is InChI=1S/C21H32N2O2/c1-3-4-5-6-7-8-9-10-11-12-17-13-14-18(22-17)15-19-20(25-2)16-21(24)23-19/h13-16,22H,3-12H2,1-2H3,(H,23,24). The molecule has 0 fully saturated rings. The van der Waals surface area contributed by atoms with Gasteiger partial charge in [0, 0.05) is 17.5 Å². The SMILES string of the molecule is CCCCCCCCCCCc1ccc(C=C2NC(=O)C=C2OC)[nH]1. The van der Waals surface area contributed by atoms with Gasteiger partial charge in [-0.3, -0.25) is 4.79 Å². The Hall–Kier alpha value is -1.97. The number of H-pyrrole nitrogens is 1. The summed E-state index contributed by atoms with van der Waals surface area (Å²) in [6.45, 7) is 2.26. The largest absolute Gasteiger partial charge is 0.494 e. The lowest BCUT2D eigenvalue weighted by atomic mass is 10.1. The zero-order valence-corrected chi connectivity index (χ0v) is 15.7. The normalized spacial score (nSPS) is 15.5. The number of aromatic amines is 1. The van der Waals surface area contributed by atoms with E-state index in [-0.39, 0.29) is 5.91 Å². The summed E-state index contributed by atoms with van der Waals surface area (Å²) in [5.74, 6) is 0.449. The number of unbranched alkanes of at least 4 members (excludes halogenated alkanes) is 8. The molecule has 1 aliphatic heterocycles. The van der Waals surface area contributed by atoms with Gasteiger partial charge in [-0.15, -0.1) is 0 Å². The van der Waals surface area contributed by atoms with Crippen LogP contribution in [-0.4, -0.2) is 18.0 Å². The molecule has 1 amide bonds. The van der Waals surface area contributed by atoms with Crippen LogP contribution in [0.5, 0.6) is 0 Å². The Balaban J connectivity index is 1.65. The summed E-state index contributed by atoms with van der Waals surface area (Å²) in [6, 6.07) is 4.18. The molecule has 0 spiro atoms. The Morgan fingerprint density at radius 2 is 1.68 bits per heavy atom. The van der Waals surface area contributed by atoms with Crippen LogP contribution in [0, 0.1) is 0 Å². The molecule has 2 heterocycles. The van der Waals surface area contributed by atoms with Crippen LogP contribution in [0.3, 0.4) is 0 Å². The first-order valence-electron chi connectivity index (χ1n) is 9.69. The van der Waals surface area contributed by atoms with Crippen molar-refractivity contribution in [1.29, 1.82) is 0 Å². The summed E-state index contributed by atoms with van der Waals surface area (Å²) in [7, 11) is 1.57. The highest BCUT2D eigenvalue weighted by Crippen LogP contribution is 2.18. The molecule has 1 aromatic heterocycles. The summed E-state index contributed by atoms with van der Waals surface area (Å²) in [5.41, 5.74) is 2.96. The molecule has 4 heteroatoms. The van der Waals surface area contributed by atoms with Gasteiger partial charge in [-0.2, -0.15) is 0 Å². The van der Waals surface area contributed by atoms with Crippen molar-refractivity contribution in [2.75, 3.05) is 7.11 Å². The highest BCUT2D eigenvalue weighted by Gasteiger charge is 2.17. The van der Waals surface area contributed by atoms with E-state index in [4.69, 9.17) is 4.74 Å². The third kappa shape index (κ3) is 6.81. The molecule has 2 N–H and O–H groups in total. The van der Waals surface area contributed by atoms with E-state index < -0.39 is 0 Å². The highest BCUT2D eigenvalue weighted by molar-refractivity contribution is 5.95. The maximum Gasteiger partial charge on any atom is 0.252 e. The number of aromatic nitrogens is 1. The molecular formula is C21H32N2O2. The third-order valence-corrected chi connectivity index (χ3v) is 4.62. The van der Waals surface area contributed by atoms with Crippen molar-refractivity contribution >= 4 is 12.0 Å². The average molecular weight is 344 g/mol. The van der Waals surface area contributed by atoms with Gasteiger partial charge < -0.3 is 15.0 Å². The minimum absolute atomic E-state index is 0.135. The topological polar surface area (TPSA) is 54.1 Å². The number of nitrogens with one attached hydrogen (secondary N) is 2. The van der Waals surface area contributed by atoms with Crippen LogP contribution in [0.1, 0.15) is 76.1 Å². The van der Waals surface area contributed by atoms with Crippen LogP contribution in [0.25, 0.3) is 6.08 Å². The molecule has 1 aliphatic rings. The van der Waals surface area contributed by atoms with E-state index in [0.717, 1.165) is 12.1 Å². The summed E-state index contributed by atoms with van der Waals surface area (Å²) < 4.78 is 5.20. The minimum Gasteiger partial charge on any atom is -0.494 e. The second-order valence-corrected chi connectivity index (χ2v) is 6.78. The predicted octanol–water partition coefficient (Wildman–Crippen LogP) is 5.09. The van der Waals surface area contributed by atoms with Gasteiger partial charge in [0.2, 0.25) is 0 Å². The monoisotopic (exact) mass is 344 g/mol. The van der Waals surface area contributed by atoms with Crippen LogP contribution >= 0.6 is 0 Å². The number of hydrogen-bond acceptors (Lipinski definition) is 2. The maximum absolute atomic E-state index is 11.4. The Morgan fingerprint density at radius 3 is 2.36 bits per heavy atom.